The lowest BCUT2D eigenvalue weighted by atomic mass is 9.70. The molecule has 24 heavy (non-hydrogen) atoms. The number of hydrogen-bond donors (Lipinski definition) is 1. The van der Waals surface area contributed by atoms with Gasteiger partial charge in [-0.05, 0) is 38.0 Å². The van der Waals surface area contributed by atoms with Gasteiger partial charge < -0.3 is 15.3 Å². The third-order valence-corrected chi connectivity index (χ3v) is 5.69. The fourth-order valence-electron chi connectivity index (χ4n) is 3.84. The predicted molar refractivity (Wildman–Crippen MR) is 93.9 cm³/mol. The van der Waals surface area contributed by atoms with E-state index in [0.717, 1.165) is 24.7 Å². The van der Waals surface area contributed by atoms with E-state index in [-0.39, 0.29) is 18.4 Å². The van der Waals surface area contributed by atoms with E-state index in [4.69, 9.17) is 15.3 Å². The summed E-state index contributed by atoms with van der Waals surface area (Å²) in [5.74, 6) is 1.08. The number of aromatic nitrogens is 1. The van der Waals surface area contributed by atoms with E-state index in [9.17, 15) is 4.79 Å². The van der Waals surface area contributed by atoms with Crippen LogP contribution in [0.15, 0.2) is 10.5 Å². The highest BCUT2D eigenvalue weighted by Gasteiger charge is 2.33. The van der Waals surface area contributed by atoms with Crippen molar-refractivity contribution in [1.82, 2.24) is 4.98 Å². The fraction of sp³-hybridized carbons (Fsp3) is 0.706. The van der Waals surface area contributed by atoms with Gasteiger partial charge in [-0.15, -0.1) is 11.3 Å². The van der Waals surface area contributed by atoms with Gasteiger partial charge in [0.2, 0.25) is 5.71 Å². The molecule has 3 rings (SSSR count). The zero-order valence-electron chi connectivity index (χ0n) is 14.1. The highest BCUT2D eigenvalue weighted by Crippen LogP contribution is 2.41. The van der Waals surface area contributed by atoms with Crippen LogP contribution < -0.4 is 5.73 Å². The minimum absolute atomic E-state index is 0.0739. The number of fused-ring (bicyclic) bond motifs is 1. The van der Waals surface area contributed by atoms with E-state index in [0.29, 0.717) is 10.8 Å². The summed E-state index contributed by atoms with van der Waals surface area (Å²) < 4.78 is 5.07. The van der Waals surface area contributed by atoms with E-state index in [1.165, 1.54) is 43.4 Å². The molecule has 0 saturated heterocycles. The number of oxime groups is 1. The molecule has 2 aliphatic rings. The van der Waals surface area contributed by atoms with Crippen molar-refractivity contribution in [3.63, 3.8) is 0 Å². The molecule has 1 aromatic heterocycles. The van der Waals surface area contributed by atoms with Gasteiger partial charge in [0.05, 0.1) is 6.61 Å². The Labute approximate surface area is 146 Å². The van der Waals surface area contributed by atoms with Crippen LogP contribution in [0.5, 0.6) is 0 Å². The zero-order chi connectivity index (χ0) is 16.9. The minimum atomic E-state index is -0.519. The summed E-state index contributed by atoms with van der Waals surface area (Å²) in [5.41, 5.74) is 6.19. The Kier molecular flexibility index (Phi) is 5.71. The molecule has 1 aromatic rings. The number of carbonyl (C=O) groups is 1. The van der Waals surface area contributed by atoms with Crippen molar-refractivity contribution in [1.29, 1.82) is 0 Å². The van der Waals surface area contributed by atoms with Crippen molar-refractivity contribution >= 4 is 28.1 Å². The van der Waals surface area contributed by atoms with Crippen LogP contribution >= 0.6 is 11.3 Å². The maximum Gasteiger partial charge on any atom is 0.362 e. The predicted octanol–water partition coefficient (Wildman–Crippen LogP) is 3.37. The first-order valence-corrected chi connectivity index (χ1v) is 9.67. The molecule has 1 heterocycles. The summed E-state index contributed by atoms with van der Waals surface area (Å²) in [4.78, 5) is 22.0. The number of thiazole rings is 1. The lowest BCUT2D eigenvalue weighted by Gasteiger charge is -2.38. The Morgan fingerprint density at radius 2 is 2.12 bits per heavy atom. The number of anilines is 1. The van der Waals surface area contributed by atoms with Gasteiger partial charge in [-0.1, -0.05) is 30.8 Å². The number of rotatable bonds is 5. The first-order chi connectivity index (χ1) is 11.7. The van der Waals surface area contributed by atoms with Gasteiger partial charge in [-0.3, -0.25) is 0 Å². The maximum atomic E-state index is 12.1. The highest BCUT2D eigenvalue weighted by atomic mass is 32.1. The van der Waals surface area contributed by atoms with Crippen LogP contribution in [0.1, 0.15) is 57.6 Å². The van der Waals surface area contributed by atoms with Crippen molar-refractivity contribution in [2.75, 3.05) is 12.3 Å². The summed E-state index contributed by atoms with van der Waals surface area (Å²) >= 11 is 1.27. The molecule has 132 valence electrons. The normalized spacial score (nSPS) is 27.4. The number of nitrogens with two attached hydrogens (primary N) is 1. The minimum Gasteiger partial charge on any atom is -0.461 e. The highest BCUT2D eigenvalue weighted by molar-refractivity contribution is 7.13. The summed E-state index contributed by atoms with van der Waals surface area (Å²) in [5, 5.41) is 6.21. The Bertz CT molecular complexity index is 602. The third-order valence-electron chi connectivity index (χ3n) is 5.02. The Hall–Kier alpha value is -1.63. The molecule has 0 spiro atoms. The van der Waals surface area contributed by atoms with Gasteiger partial charge in [0.1, 0.15) is 11.8 Å². The molecule has 0 radical (unpaired) electrons. The number of esters is 1. The first-order valence-electron chi connectivity index (χ1n) is 8.79. The number of hydrogen-bond acceptors (Lipinski definition) is 7. The van der Waals surface area contributed by atoms with Crippen molar-refractivity contribution < 1.29 is 14.4 Å². The van der Waals surface area contributed by atoms with Crippen LogP contribution in [0.3, 0.4) is 0 Å². The Morgan fingerprint density at radius 1 is 1.33 bits per heavy atom. The van der Waals surface area contributed by atoms with Crippen LogP contribution in [0.25, 0.3) is 0 Å². The molecule has 2 fully saturated rings. The van der Waals surface area contributed by atoms with E-state index < -0.39 is 5.97 Å². The lowest BCUT2D eigenvalue weighted by molar-refractivity contribution is -0.135. The van der Waals surface area contributed by atoms with Crippen LogP contribution in [-0.4, -0.2) is 29.4 Å². The third kappa shape index (κ3) is 4.06. The Morgan fingerprint density at radius 3 is 2.83 bits per heavy atom. The first kappa shape index (κ1) is 17.2. The quantitative estimate of drug-likeness (QED) is 0.499. The monoisotopic (exact) mass is 351 g/mol. The summed E-state index contributed by atoms with van der Waals surface area (Å²) in [6, 6.07) is 0. The van der Waals surface area contributed by atoms with Crippen molar-refractivity contribution in [3.8, 4) is 0 Å². The van der Waals surface area contributed by atoms with Crippen LogP contribution in [-0.2, 0) is 14.4 Å². The molecule has 0 aromatic carbocycles. The standard InChI is InChI=1S/C17H25N3O3S/c1-2-22-16(21)15(14-10-24-17(18)19-14)20-23-13-8-7-11-5-3-4-6-12(11)9-13/h10-13H,2-9H2,1H3,(H2,18,19)/b20-15+. The second-order valence-electron chi connectivity index (χ2n) is 6.58. The van der Waals surface area contributed by atoms with E-state index in [1.807, 2.05) is 0 Å². The van der Waals surface area contributed by atoms with Gasteiger partial charge in [0.25, 0.3) is 0 Å². The molecule has 0 aliphatic heterocycles. The second kappa shape index (κ2) is 7.96. The van der Waals surface area contributed by atoms with Crippen molar-refractivity contribution in [2.45, 2.75) is 58.0 Å². The van der Waals surface area contributed by atoms with Crippen LogP contribution in [0.2, 0.25) is 0 Å². The summed E-state index contributed by atoms with van der Waals surface area (Å²) in [7, 11) is 0. The maximum absolute atomic E-state index is 12.1. The van der Waals surface area contributed by atoms with Gasteiger partial charge >= 0.3 is 5.97 Å². The molecule has 2 aliphatic carbocycles. The van der Waals surface area contributed by atoms with Crippen LogP contribution in [0, 0.1) is 11.8 Å². The molecular formula is C17H25N3O3S. The zero-order valence-corrected chi connectivity index (χ0v) is 14.9. The molecule has 6 nitrogen and oxygen atoms in total. The Balaban J connectivity index is 1.67. The topological polar surface area (TPSA) is 86.8 Å². The largest absolute Gasteiger partial charge is 0.461 e. The fourth-order valence-corrected chi connectivity index (χ4v) is 4.39. The van der Waals surface area contributed by atoms with Gasteiger partial charge in [-0.2, -0.15) is 0 Å². The molecule has 7 heteroatoms. The number of ether oxygens (including phenoxy) is 1. The van der Waals surface area contributed by atoms with Crippen molar-refractivity contribution in [3.05, 3.63) is 11.1 Å². The van der Waals surface area contributed by atoms with Crippen LogP contribution in [0.4, 0.5) is 5.13 Å². The smallest absolute Gasteiger partial charge is 0.362 e. The lowest BCUT2D eigenvalue weighted by Crippen LogP contribution is -2.31. The van der Waals surface area contributed by atoms with Gasteiger partial charge in [0, 0.05) is 5.38 Å². The molecule has 2 saturated carbocycles. The SMILES string of the molecule is CCOC(=O)/C(=N/OC1CCC2CCCCC2C1)c1csc(N)n1. The molecule has 3 atom stereocenters. The number of carbonyl (C=O) groups excluding carboxylic acids is 1. The van der Waals surface area contributed by atoms with Gasteiger partial charge in [-0.25, -0.2) is 9.78 Å². The van der Waals surface area contributed by atoms with Gasteiger partial charge in [0.15, 0.2) is 5.13 Å². The molecule has 0 amide bonds. The molecular weight excluding hydrogens is 326 g/mol. The average Bonchev–Trinajstić information content (AvgIpc) is 3.01. The molecule has 0 bridgehead atoms. The van der Waals surface area contributed by atoms with Crippen molar-refractivity contribution in [2.24, 2.45) is 17.0 Å². The van der Waals surface area contributed by atoms with E-state index in [1.54, 1.807) is 12.3 Å². The number of nitrogen functional groups attached to an aromatic ring is 1. The molecule has 2 N–H and O–H groups in total. The second-order valence-corrected chi connectivity index (χ2v) is 7.47. The number of nitrogens with zero attached hydrogens (tertiary/aromatic N) is 2. The summed E-state index contributed by atoms with van der Waals surface area (Å²) in [6.07, 6.45) is 8.64. The average molecular weight is 351 g/mol. The van der Waals surface area contributed by atoms with E-state index >= 15 is 0 Å². The van der Waals surface area contributed by atoms with E-state index in [2.05, 4.69) is 10.1 Å². The molecule has 3 unspecified atom stereocenters. The summed E-state index contributed by atoms with van der Waals surface area (Å²) in [6.45, 7) is 2.04.